The monoisotopic (exact) mass is 209 g/mol. The first-order valence-corrected chi connectivity index (χ1v) is 9.99. The number of hydrogen-bond donors (Lipinski definition) is 1. The lowest BCUT2D eigenvalue weighted by molar-refractivity contribution is 0.568. The Kier molecular flexibility index (Phi) is 3.11. The van der Waals surface area contributed by atoms with Crippen LogP contribution in [0, 0.1) is 0 Å². The average molecular weight is 209 g/mol. The van der Waals surface area contributed by atoms with Crippen LogP contribution in [0.2, 0.25) is 26.2 Å². The molecule has 0 heterocycles. The molecule has 3 heteroatoms. The zero-order valence-electron chi connectivity index (χ0n) is 8.76. The van der Waals surface area contributed by atoms with E-state index in [1.807, 2.05) is 13.1 Å². The van der Waals surface area contributed by atoms with Crippen molar-refractivity contribution in [3.63, 3.8) is 0 Å². The second-order valence-electron chi connectivity index (χ2n) is 4.14. The van der Waals surface area contributed by atoms with E-state index in [4.69, 9.17) is 0 Å². The molecule has 71 valence electrons. The van der Waals surface area contributed by atoms with Crippen LogP contribution in [-0.4, -0.2) is 21.9 Å². The largest absolute Gasteiger partial charge is 0.428 e. The van der Waals surface area contributed by atoms with Gasteiger partial charge in [-0.25, -0.2) is 0 Å². The van der Waals surface area contributed by atoms with Gasteiger partial charge in [0.15, 0.2) is 0 Å². The molecule has 1 N–H and O–H groups in total. The smallest absolute Gasteiger partial charge is 0.213 e. The molecule has 0 saturated heterocycles. The number of rotatable bonds is 2. The van der Waals surface area contributed by atoms with Crippen LogP contribution >= 0.6 is 0 Å². The van der Waals surface area contributed by atoms with Crippen LogP contribution in [0.1, 0.15) is 0 Å². The SMILES string of the molecule is C[Si](C)c1ccc([Si](C)(C)O)cc1. The van der Waals surface area contributed by atoms with Gasteiger partial charge in [0, 0.05) is 0 Å². The van der Waals surface area contributed by atoms with Gasteiger partial charge in [0.2, 0.25) is 8.32 Å². The Labute approximate surface area is 83.2 Å². The van der Waals surface area contributed by atoms with Crippen LogP contribution in [0.15, 0.2) is 24.3 Å². The topological polar surface area (TPSA) is 20.2 Å². The van der Waals surface area contributed by atoms with E-state index >= 15 is 0 Å². The van der Waals surface area contributed by atoms with E-state index in [0.717, 1.165) is 5.19 Å². The lowest BCUT2D eigenvalue weighted by atomic mass is 10.4. The molecule has 1 radical (unpaired) electrons. The minimum absolute atomic E-state index is 0.340. The summed E-state index contributed by atoms with van der Waals surface area (Å²) < 4.78 is 0. The van der Waals surface area contributed by atoms with Crippen LogP contribution in [-0.2, 0) is 0 Å². The summed E-state index contributed by atoms with van der Waals surface area (Å²) >= 11 is 0. The summed E-state index contributed by atoms with van der Waals surface area (Å²) in [7, 11) is -2.42. The molecule has 0 atom stereocenters. The Hall–Kier alpha value is -0.386. The molecular formula is C10H17OSi2. The summed E-state index contributed by atoms with van der Waals surface area (Å²) in [6, 6.07) is 8.49. The first kappa shape index (κ1) is 10.7. The fourth-order valence-corrected chi connectivity index (χ4v) is 3.03. The highest BCUT2D eigenvalue weighted by Crippen LogP contribution is 1.97. The lowest BCUT2D eigenvalue weighted by Crippen LogP contribution is -2.42. The third-order valence-corrected chi connectivity index (χ3v) is 5.40. The minimum atomic E-state index is -2.08. The van der Waals surface area contributed by atoms with E-state index in [2.05, 4.69) is 37.4 Å². The molecular weight excluding hydrogens is 192 g/mol. The number of benzene rings is 1. The van der Waals surface area contributed by atoms with Crippen molar-refractivity contribution in [2.45, 2.75) is 26.2 Å². The maximum Gasteiger partial charge on any atom is 0.213 e. The Morgan fingerprint density at radius 1 is 1.08 bits per heavy atom. The molecule has 1 aromatic rings. The van der Waals surface area contributed by atoms with Gasteiger partial charge in [-0.15, -0.1) is 0 Å². The zero-order valence-corrected chi connectivity index (χ0v) is 10.8. The highest BCUT2D eigenvalue weighted by atomic mass is 28.4. The normalized spacial score (nSPS) is 12.2. The number of hydrogen-bond acceptors (Lipinski definition) is 1. The Morgan fingerprint density at radius 3 is 1.85 bits per heavy atom. The van der Waals surface area contributed by atoms with Gasteiger partial charge in [0.1, 0.15) is 0 Å². The Balaban J connectivity index is 2.94. The highest BCUT2D eigenvalue weighted by Gasteiger charge is 2.19. The van der Waals surface area contributed by atoms with Gasteiger partial charge < -0.3 is 4.80 Å². The molecule has 1 aromatic carbocycles. The van der Waals surface area contributed by atoms with Crippen LogP contribution in [0.4, 0.5) is 0 Å². The molecule has 0 aliphatic rings. The minimum Gasteiger partial charge on any atom is -0.428 e. The van der Waals surface area contributed by atoms with E-state index in [1.165, 1.54) is 5.19 Å². The van der Waals surface area contributed by atoms with E-state index < -0.39 is 8.32 Å². The molecule has 1 nitrogen and oxygen atoms in total. The zero-order chi connectivity index (χ0) is 10.1. The third kappa shape index (κ3) is 2.79. The fraction of sp³-hybridized carbons (Fsp3) is 0.400. The Bertz CT molecular complexity index is 272. The summed E-state index contributed by atoms with van der Waals surface area (Å²) in [5.41, 5.74) is 0. The summed E-state index contributed by atoms with van der Waals surface area (Å²) in [4.78, 5) is 9.87. The molecule has 0 aliphatic carbocycles. The summed E-state index contributed by atoms with van der Waals surface area (Å²) in [6.07, 6.45) is 0. The van der Waals surface area contributed by atoms with Crippen molar-refractivity contribution in [2.75, 3.05) is 0 Å². The van der Waals surface area contributed by atoms with Crippen molar-refractivity contribution < 1.29 is 4.80 Å². The molecule has 0 bridgehead atoms. The van der Waals surface area contributed by atoms with Gasteiger partial charge in [0.05, 0.1) is 8.80 Å². The predicted molar refractivity (Wildman–Crippen MR) is 62.9 cm³/mol. The van der Waals surface area contributed by atoms with Crippen molar-refractivity contribution >= 4 is 27.5 Å². The van der Waals surface area contributed by atoms with Crippen molar-refractivity contribution in [3.8, 4) is 0 Å². The van der Waals surface area contributed by atoms with Gasteiger partial charge in [0.25, 0.3) is 0 Å². The first-order valence-electron chi connectivity index (χ1n) is 4.54. The van der Waals surface area contributed by atoms with Gasteiger partial charge in [-0.3, -0.25) is 0 Å². The van der Waals surface area contributed by atoms with E-state index in [0.29, 0.717) is 0 Å². The van der Waals surface area contributed by atoms with Crippen molar-refractivity contribution in [1.82, 2.24) is 0 Å². The maximum atomic E-state index is 9.87. The second kappa shape index (κ2) is 3.78. The second-order valence-corrected chi connectivity index (χ2v) is 10.4. The molecule has 0 fully saturated rings. The average Bonchev–Trinajstić information content (AvgIpc) is 2.03. The van der Waals surface area contributed by atoms with Crippen LogP contribution < -0.4 is 10.4 Å². The van der Waals surface area contributed by atoms with Gasteiger partial charge >= 0.3 is 0 Å². The molecule has 0 amide bonds. The van der Waals surface area contributed by atoms with E-state index in [9.17, 15) is 4.80 Å². The molecule has 13 heavy (non-hydrogen) atoms. The van der Waals surface area contributed by atoms with Crippen LogP contribution in [0.5, 0.6) is 0 Å². The molecule has 0 aromatic heterocycles. The fourth-order valence-electron chi connectivity index (χ4n) is 1.21. The molecule has 0 spiro atoms. The summed E-state index contributed by atoms with van der Waals surface area (Å²) in [5, 5.41) is 2.56. The van der Waals surface area contributed by atoms with Crippen molar-refractivity contribution in [3.05, 3.63) is 24.3 Å². The Morgan fingerprint density at radius 2 is 1.54 bits per heavy atom. The molecule has 1 rings (SSSR count). The maximum absolute atomic E-state index is 9.87. The predicted octanol–water partition coefficient (Wildman–Crippen LogP) is 1.05. The lowest BCUT2D eigenvalue weighted by Gasteiger charge is -2.15. The first-order chi connectivity index (χ1) is 5.91. The van der Waals surface area contributed by atoms with E-state index in [-0.39, 0.29) is 8.80 Å². The van der Waals surface area contributed by atoms with Crippen molar-refractivity contribution in [2.24, 2.45) is 0 Å². The molecule has 0 saturated carbocycles. The van der Waals surface area contributed by atoms with Crippen molar-refractivity contribution in [1.29, 1.82) is 0 Å². The molecule has 0 aliphatic heterocycles. The van der Waals surface area contributed by atoms with Crippen LogP contribution in [0.25, 0.3) is 0 Å². The summed E-state index contributed by atoms with van der Waals surface area (Å²) in [5.74, 6) is 0. The summed E-state index contributed by atoms with van der Waals surface area (Å²) in [6.45, 7) is 8.46. The van der Waals surface area contributed by atoms with Gasteiger partial charge in [-0.05, 0) is 18.3 Å². The standard InChI is InChI=1S/C10H17OSi2/c1-12(2)9-5-7-10(8-6-9)13(3,4)11/h5-8,11H,1-4H3. The van der Waals surface area contributed by atoms with Crippen LogP contribution in [0.3, 0.4) is 0 Å². The van der Waals surface area contributed by atoms with Gasteiger partial charge in [-0.2, -0.15) is 0 Å². The third-order valence-electron chi connectivity index (χ3n) is 2.17. The quantitative estimate of drug-likeness (QED) is 0.722. The molecule has 0 unspecified atom stereocenters. The highest BCUT2D eigenvalue weighted by molar-refractivity contribution is 6.83. The van der Waals surface area contributed by atoms with Gasteiger partial charge in [-0.1, -0.05) is 42.5 Å². The van der Waals surface area contributed by atoms with E-state index in [1.54, 1.807) is 0 Å².